The zero-order valence-electron chi connectivity index (χ0n) is 14.4. The number of benzene rings is 1. The van der Waals surface area contributed by atoms with Crippen molar-refractivity contribution in [1.29, 1.82) is 0 Å². The average molecular weight is 346 g/mol. The van der Waals surface area contributed by atoms with Crippen molar-refractivity contribution in [3.63, 3.8) is 0 Å². The van der Waals surface area contributed by atoms with Crippen molar-refractivity contribution in [3.05, 3.63) is 35.9 Å². The third-order valence-electron chi connectivity index (χ3n) is 4.63. The Hall–Kier alpha value is -1.96. The van der Waals surface area contributed by atoms with E-state index in [4.69, 9.17) is 4.74 Å². The second-order valence-corrected chi connectivity index (χ2v) is 6.44. The Labute approximate surface area is 148 Å². The van der Waals surface area contributed by atoms with Gasteiger partial charge in [-0.2, -0.15) is 0 Å². The van der Waals surface area contributed by atoms with Crippen LogP contribution in [0.5, 0.6) is 0 Å². The summed E-state index contributed by atoms with van der Waals surface area (Å²) >= 11 is 0. The van der Waals surface area contributed by atoms with E-state index in [0.717, 1.165) is 19.6 Å². The van der Waals surface area contributed by atoms with E-state index in [-0.39, 0.29) is 24.4 Å². The lowest BCUT2D eigenvalue weighted by molar-refractivity contribution is -0.135. The van der Waals surface area contributed by atoms with Crippen molar-refractivity contribution in [1.82, 2.24) is 20.4 Å². The van der Waals surface area contributed by atoms with Crippen molar-refractivity contribution in [2.75, 3.05) is 52.5 Å². The molecule has 2 fully saturated rings. The molecule has 0 aromatic heterocycles. The van der Waals surface area contributed by atoms with Gasteiger partial charge in [0.05, 0.1) is 19.8 Å². The Balaban J connectivity index is 1.37. The maximum atomic E-state index is 12.3. The van der Waals surface area contributed by atoms with Gasteiger partial charge in [0.25, 0.3) is 0 Å². The molecule has 2 N–H and O–H groups in total. The van der Waals surface area contributed by atoms with Crippen LogP contribution in [-0.4, -0.2) is 80.1 Å². The molecule has 2 saturated heterocycles. The number of rotatable bonds is 5. The smallest absolute Gasteiger partial charge is 0.242 e. The van der Waals surface area contributed by atoms with Crippen molar-refractivity contribution in [3.8, 4) is 0 Å². The summed E-state index contributed by atoms with van der Waals surface area (Å²) in [5.41, 5.74) is 1.29. The summed E-state index contributed by atoms with van der Waals surface area (Å²) in [6.07, 6.45) is 0. The molecule has 7 nitrogen and oxygen atoms in total. The van der Waals surface area contributed by atoms with Crippen LogP contribution in [0, 0.1) is 0 Å². The molecule has 0 radical (unpaired) electrons. The minimum absolute atomic E-state index is 0.0237. The van der Waals surface area contributed by atoms with Gasteiger partial charge in [0.2, 0.25) is 11.8 Å². The van der Waals surface area contributed by atoms with E-state index in [1.165, 1.54) is 5.56 Å². The predicted molar refractivity (Wildman–Crippen MR) is 93.9 cm³/mol. The summed E-state index contributed by atoms with van der Waals surface area (Å²) in [6.45, 7) is 5.71. The molecule has 1 atom stereocenters. The maximum Gasteiger partial charge on any atom is 0.242 e. The molecule has 0 saturated carbocycles. The molecule has 7 heteroatoms. The highest BCUT2D eigenvalue weighted by Crippen LogP contribution is 2.08. The summed E-state index contributed by atoms with van der Waals surface area (Å²) in [5.74, 6) is -0.194. The first-order valence-corrected chi connectivity index (χ1v) is 8.85. The highest BCUT2D eigenvalue weighted by Gasteiger charge is 2.24. The van der Waals surface area contributed by atoms with Crippen LogP contribution in [0.15, 0.2) is 30.3 Å². The lowest BCUT2D eigenvalue weighted by Crippen LogP contribution is -2.54. The molecule has 3 rings (SSSR count). The summed E-state index contributed by atoms with van der Waals surface area (Å²) in [5, 5.41) is 5.80. The SMILES string of the molecule is O=C(NCC(=O)N1CCN(Cc2ccccc2)CC1)C1COCCN1. The lowest BCUT2D eigenvalue weighted by Gasteiger charge is -2.35. The number of hydrogen-bond acceptors (Lipinski definition) is 5. The normalized spacial score (nSPS) is 21.8. The highest BCUT2D eigenvalue weighted by atomic mass is 16.5. The Morgan fingerprint density at radius 1 is 1.16 bits per heavy atom. The second-order valence-electron chi connectivity index (χ2n) is 6.44. The van der Waals surface area contributed by atoms with Gasteiger partial charge in [-0.15, -0.1) is 0 Å². The van der Waals surface area contributed by atoms with Crippen LogP contribution in [0.2, 0.25) is 0 Å². The van der Waals surface area contributed by atoms with Gasteiger partial charge in [0.1, 0.15) is 6.04 Å². The summed E-state index contributed by atoms with van der Waals surface area (Å²) in [6, 6.07) is 9.99. The van der Waals surface area contributed by atoms with E-state index in [2.05, 4.69) is 27.7 Å². The van der Waals surface area contributed by atoms with E-state index in [0.29, 0.717) is 32.8 Å². The van der Waals surface area contributed by atoms with Crippen molar-refractivity contribution in [2.45, 2.75) is 12.6 Å². The van der Waals surface area contributed by atoms with Gasteiger partial charge in [-0.05, 0) is 5.56 Å². The summed E-state index contributed by atoms with van der Waals surface area (Å²) < 4.78 is 5.26. The monoisotopic (exact) mass is 346 g/mol. The molecule has 2 aliphatic heterocycles. The van der Waals surface area contributed by atoms with Gasteiger partial charge >= 0.3 is 0 Å². The number of carbonyl (C=O) groups excluding carboxylic acids is 2. The number of nitrogens with one attached hydrogen (secondary N) is 2. The number of morpholine rings is 1. The zero-order valence-corrected chi connectivity index (χ0v) is 14.4. The van der Waals surface area contributed by atoms with Crippen molar-refractivity contribution >= 4 is 11.8 Å². The van der Waals surface area contributed by atoms with Gasteiger partial charge in [-0.25, -0.2) is 0 Å². The molecule has 1 aromatic rings. The summed E-state index contributed by atoms with van der Waals surface area (Å²) in [4.78, 5) is 28.5. The van der Waals surface area contributed by atoms with Crippen LogP contribution < -0.4 is 10.6 Å². The van der Waals surface area contributed by atoms with Crippen molar-refractivity contribution < 1.29 is 14.3 Å². The predicted octanol–water partition coefficient (Wildman–Crippen LogP) is -0.565. The van der Waals surface area contributed by atoms with Crippen LogP contribution in [0.1, 0.15) is 5.56 Å². The zero-order chi connectivity index (χ0) is 17.5. The third kappa shape index (κ3) is 5.26. The van der Waals surface area contributed by atoms with Gasteiger partial charge in [0, 0.05) is 39.3 Å². The van der Waals surface area contributed by atoms with E-state index in [1.807, 2.05) is 23.1 Å². The second kappa shape index (κ2) is 8.94. The lowest BCUT2D eigenvalue weighted by atomic mass is 10.2. The molecule has 136 valence electrons. The van der Waals surface area contributed by atoms with Crippen LogP contribution in [0.25, 0.3) is 0 Å². The minimum atomic E-state index is -0.357. The fourth-order valence-electron chi connectivity index (χ4n) is 3.13. The highest BCUT2D eigenvalue weighted by molar-refractivity contribution is 5.87. The topological polar surface area (TPSA) is 73.9 Å². The quantitative estimate of drug-likeness (QED) is 0.747. The largest absolute Gasteiger partial charge is 0.378 e. The maximum absolute atomic E-state index is 12.3. The number of ether oxygens (including phenoxy) is 1. The van der Waals surface area contributed by atoms with Gasteiger partial charge in [-0.1, -0.05) is 30.3 Å². The molecule has 25 heavy (non-hydrogen) atoms. The van der Waals surface area contributed by atoms with Gasteiger partial charge < -0.3 is 20.3 Å². The number of carbonyl (C=O) groups is 2. The number of amides is 2. The molecule has 0 bridgehead atoms. The summed E-state index contributed by atoms with van der Waals surface area (Å²) in [7, 11) is 0. The number of nitrogens with zero attached hydrogens (tertiary/aromatic N) is 2. The van der Waals surface area contributed by atoms with Crippen LogP contribution in [0.4, 0.5) is 0 Å². The Morgan fingerprint density at radius 3 is 2.60 bits per heavy atom. The molecule has 0 spiro atoms. The third-order valence-corrected chi connectivity index (χ3v) is 4.63. The molecule has 1 unspecified atom stereocenters. The first kappa shape index (κ1) is 17.8. The van der Waals surface area contributed by atoms with E-state index in [1.54, 1.807) is 0 Å². The van der Waals surface area contributed by atoms with E-state index < -0.39 is 0 Å². The molecular formula is C18H26N4O3. The Bertz CT molecular complexity index is 567. The fourth-order valence-corrected chi connectivity index (χ4v) is 3.13. The molecule has 1 aromatic carbocycles. The molecular weight excluding hydrogens is 320 g/mol. The number of piperazine rings is 1. The standard InChI is InChI=1S/C18H26N4O3/c23-17(12-20-18(24)16-14-25-11-6-19-16)22-9-7-21(8-10-22)13-15-4-2-1-3-5-15/h1-5,16,19H,6-14H2,(H,20,24). The Kier molecular flexibility index (Phi) is 6.38. The van der Waals surface area contributed by atoms with E-state index >= 15 is 0 Å². The van der Waals surface area contributed by atoms with Gasteiger partial charge in [-0.3, -0.25) is 14.5 Å². The molecule has 2 heterocycles. The Morgan fingerprint density at radius 2 is 1.92 bits per heavy atom. The molecule has 0 aliphatic carbocycles. The van der Waals surface area contributed by atoms with Crippen LogP contribution >= 0.6 is 0 Å². The average Bonchev–Trinajstić information content (AvgIpc) is 2.68. The first-order chi connectivity index (χ1) is 12.2. The fraction of sp³-hybridized carbons (Fsp3) is 0.556. The molecule has 2 aliphatic rings. The molecule has 2 amide bonds. The van der Waals surface area contributed by atoms with E-state index in [9.17, 15) is 9.59 Å². The van der Waals surface area contributed by atoms with Crippen molar-refractivity contribution in [2.24, 2.45) is 0 Å². The van der Waals surface area contributed by atoms with Crippen LogP contribution in [-0.2, 0) is 20.9 Å². The first-order valence-electron chi connectivity index (χ1n) is 8.85. The van der Waals surface area contributed by atoms with Crippen LogP contribution in [0.3, 0.4) is 0 Å². The van der Waals surface area contributed by atoms with Gasteiger partial charge in [0.15, 0.2) is 0 Å². The minimum Gasteiger partial charge on any atom is -0.378 e. The number of hydrogen-bond donors (Lipinski definition) is 2.